The summed E-state index contributed by atoms with van der Waals surface area (Å²) in [6.07, 6.45) is 9.23. The highest BCUT2D eigenvalue weighted by atomic mass is 15.1. The normalized spacial score (nSPS) is 25.6. The topological polar surface area (TPSA) is 63.8 Å². The highest BCUT2D eigenvalue weighted by molar-refractivity contribution is 5.55. The van der Waals surface area contributed by atoms with Crippen molar-refractivity contribution in [3.05, 3.63) is 11.8 Å². The van der Waals surface area contributed by atoms with Gasteiger partial charge in [-0.05, 0) is 31.6 Å². The van der Waals surface area contributed by atoms with Crippen LogP contribution in [0.15, 0.2) is 6.20 Å². The van der Waals surface area contributed by atoms with Crippen LogP contribution in [0.3, 0.4) is 0 Å². The molecule has 3 N–H and O–H groups in total. The third kappa shape index (κ3) is 3.41. The van der Waals surface area contributed by atoms with Crippen molar-refractivity contribution in [1.29, 1.82) is 0 Å². The van der Waals surface area contributed by atoms with E-state index in [2.05, 4.69) is 34.0 Å². The van der Waals surface area contributed by atoms with Crippen LogP contribution in [-0.2, 0) is 0 Å². The van der Waals surface area contributed by atoms with Gasteiger partial charge in [-0.2, -0.15) is 4.98 Å². The fourth-order valence-corrected chi connectivity index (χ4v) is 2.76. The smallest absolute Gasteiger partial charge is 0.222 e. The third-order valence-corrected chi connectivity index (χ3v) is 4.07. The van der Waals surface area contributed by atoms with Crippen molar-refractivity contribution < 1.29 is 0 Å². The van der Waals surface area contributed by atoms with Crippen LogP contribution in [0.1, 0.15) is 51.0 Å². The highest BCUT2D eigenvalue weighted by Gasteiger charge is 2.22. The Balaban J connectivity index is 1.75. The molecule has 2 aliphatic rings. The van der Waals surface area contributed by atoms with Gasteiger partial charge < -0.3 is 11.1 Å². The van der Waals surface area contributed by atoms with Crippen molar-refractivity contribution in [2.24, 2.45) is 11.8 Å². The van der Waals surface area contributed by atoms with Gasteiger partial charge in [0.25, 0.3) is 0 Å². The van der Waals surface area contributed by atoms with Gasteiger partial charge >= 0.3 is 0 Å². The largest absolute Gasteiger partial charge is 0.368 e. The average molecular weight is 270 g/mol. The molecule has 0 amide bonds. The minimum Gasteiger partial charge on any atom is -0.368 e. The van der Waals surface area contributed by atoms with E-state index in [9.17, 15) is 0 Å². The number of nitrogens with one attached hydrogen (secondary N) is 1. The second-order valence-electron chi connectivity index (χ2n) is 6.15. The SMILES string of the molecule is C[C@H]1CCC[C@@H](C#Cc2cnc(N)nc2NC2CC2)C1. The van der Waals surface area contributed by atoms with Gasteiger partial charge in [0, 0.05) is 12.0 Å². The Morgan fingerprint density at radius 2 is 2.15 bits per heavy atom. The number of aromatic nitrogens is 2. The maximum absolute atomic E-state index is 5.67. The van der Waals surface area contributed by atoms with Crippen LogP contribution in [0.4, 0.5) is 11.8 Å². The summed E-state index contributed by atoms with van der Waals surface area (Å²) in [5.74, 6) is 9.11. The van der Waals surface area contributed by atoms with E-state index in [1.165, 1.54) is 38.5 Å². The van der Waals surface area contributed by atoms with Crippen LogP contribution in [0.25, 0.3) is 0 Å². The molecule has 4 heteroatoms. The van der Waals surface area contributed by atoms with E-state index < -0.39 is 0 Å². The minimum atomic E-state index is 0.310. The molecule has 0 bridgehead atoms. The summed E-state index contributed by atoms with van der Waals surface area (Å²) in [5, 5.41) is 3.39. The lowest BCUT2D eigenvalue weighted by atomic mass is 9.83. The number of rotatable bonds is 2. The summed E-state index contributed by atoms with van der Waals surface area (Å²) in [7, 11) is 0. The van der Waals surface area contributed by atoms with Crippen molar-refractivity contribution in [3.8, 4) is 11.8 Å². The van der Waals surface area contributed by atoms with Crippen molar-refractivity contribution in [2.45, 2.75) is 51.5 Å². The molecule has 1 aromatic heterocycles. The van der Waals surface area contributed by atoms with Crippen LogP contribution in [0.5, 0.6) is 0 Å². The van der Waals surface area contributed by atoms with Crippen LogP contribution in [0, 0.1) is 23.7 Å². The maximum atomic E-state index is 5.67. The second-order valence-corrected chi connectivity index (χ2v) is 6.15. The highest BCUT2D eigenvalue weighted by Crippen LogP contribution is 2.28. The van der Waals surface area contributed by atoms with E-state index in [0.717, 1.165) is 17.3 Å². The number of hydrogen-bond donors (Lipinski definition) is 2. The first-order chi connectivity index (χ1) is 9.70. The van der Waals surface area contributed by atoms with E-state index in [4.69, 9.17) is 5.73 Å². The molecular weight excluding hydrogens is 248 g/mol. The maximum Gasteiger partial charge on any atom is 0.222 e. The molecule has 20 heavy (non-hydrogen) atoms. The molecule has 2 fully saturated rings. The number of nitrogen functional groups attached to an aromatic ring is 1. The lowest BCUT2D eigenvalue weighted by Gasteiger charge is -2.22. The Bertz CT molecular complexity index is 539. The van der Waals surface area contributed by atoms with E-state index in [-0.39, 0.29) is 0 Å². The van der Waals surface area contributed by atoms with Gasteiger partial charge in [0.2, 0.25) is 5.95 Å². The van der Waals surface area contributed by atoms with Crippen LogP contribution < -0.4 is 11.1 Å². The van der Waals surface area contributed by atoms with Crippen molar-refractivity contribution in [3.63, 3.8) is 0 Å². The standard InChI is InChI=1S/C16H22N4/c1-11-3-2-4-12(9-11)5-6-13-10-18-16(17)20-15(13)19-14-7-8-14/h10-12,14H,2-4,7-9H2,1H3,(H3,17,18,19,20)/t11-,12-/m0/s1. The third-order valence-electron chi connectivity index (χ3n) is 4.07. The average Bonchev–Trinajstić information content (AvgIpc) is 3.22. The van der Waals surface area contributed by atoms with Crippen LogP contribution >= 0.6 is 0 Å². The number of nitrogens with zero attached hydrogens (tertiary/aromatic N) is 2. The van der Waals surface area contributed by atoms with Gasteiger partial charge in [-0.1, -0.05) is 31.6 Å². The summed E-state index contributed by atoms with van der Waals surface area (Å²) in [4.78, 5) is 8.36. The van der Waals surface area contributed by atoms with Crippen molar-refractivity contribution in [1.82, 2.24) is 9.97 Å². The summed E-state index contributed by atoms with van der Waals surface area (Å²) in [5.41, 5.74) is 6.55. The molecule has 1 aromatic rings. The van der Waals surface area contributed by atoms with E-state index in [1.54, 1.807) is 6.20 Å². The van der Waals surface area contributed by atoms with Gasteiger partial charge in [-0.25, -0.2) is 4.98 Å². The molecule has 3 rings (SSSR count). The molecule has 2 aliphatic carbocycles. The zero-order chi connectivity index (χ0) is 13.9. The first-order valence-corrected chi connectivity index (χ1v) is 7.61. The Morgan fingerprint density at radius 3 is 2.90 bits per heavy atom. The van der Waals surface area contributed by atoms with Gasteiger partial charge in [0.1, 0.15) is 5.82 Å². The van der Waals surface area contributed by atoms with E-state index in [0.29, 0.717) is 17.9 Å². The molecular formula is C16H22N4. The second kappa shape index (κ2) is 5.70. The summed E-state index contributed by atoms with van der Waals surface area (Å²) in [6.45, 7) is 2.32. The molecule has 2 saturated carbocycles. The zero-order valence-electron chi connectivity index (χ0n) is 12.0. The molecule has 4 nitrogen and oxygen atoms in total. The van der Waals surface area contributed by atoms with Crippen molar-refractivity contribution in [2.75, 3.05) is 11.1 Å². The summed E-state index contributed by atoms with van der Waals surface area (Å²) in [6, 6.07) is 0.541. The van der Waals surface area contributed by atoms with Crippen LogP contribution in [0.2, 0.25) is 0 Å². The first-order valence-electron chi connectivity index (χ1n) is 7.61. The van der Waals surface area contributed by atoms with Gasteiger partial charge in [0.15, 0.2) is 0 Å². The zero-order valence-corrected chi connectivity index (χ0v) is 12.0. The summed E-state index contributed by atoms with van der Waals surface area (Å²) >= 11 is 0. The quantitative estimate of drug-likeness (QED) is 0.811. The Labute approximate surface area is 120 Å². The molecule has 0 unspecified atom stereocenters. The number of anilines is 2. The van der Waals surface area contributed by atoms with Gasteiger partial charge in [0.05, 0.1) is 11.8 Å². The van der Waals surface area contributed by atoms with Gasteiger partial charge in [-0.15, -0.1) is 0 Å². The van der Waals surface area contributed by atoms with E-state index in [1.807, 2.05) is 0 Å². The lowest BCUT2D eigenvalue weighted by Crippen LogP contribution is -2.11. The first kappa shape index (κ1) is 13.2. The number of nitrogens with two attached hydrogens (primary N) is 1. The molecule has 0 radical (unpaired) electrons. The molecule has 0 spiro atoms. The van der Waals surface area contributed by atoms with E-state index >= 15 is 0 Å². The monoisotopic (exact) mass is 270 g/mol. The Hall–Kier alpha value is -1.76. The predicted molar refractivity (Wildman–Crippen MR) is 81.1 cm³/mol. The molecule has 0 saturated heterocycles. The fraction of sp³-hybridized carbons (Fsp3) is 0.625. The van der Waals surface area contributed by atoms with Crippen LogP contribution in [-0.4, -0.2) is 16.0 Å². The minimum absolute atomic E-state index is 0.310. The molecule has 0 aromatic carbocycles. The predicted octanol–water partition coefficient (Wildman–Crippen LogP) is 2.81. The number of hydrogen-bond acceptors (Lipinski definition) is 4. The Kier molecular flexibility index (Phi) is 3.77. The summed E-state index contributed by atoms with van der Waals surface area (Å²) < 4.78 is 0. The fourth-order valence-electron chi connectivity index (χ4n) is 2.76. The molecule has 1 heterocycles. The molecule has 2 atom stereocenters. The van der Waals surface area contributed by atoms with Crippen molar-refractivity contribution >= 4 is 11.8 Å². The molecule has 0 aliphatic heterocycles. The molecule has 106 valence electrons. The van der Waals surface area contributed by atoms with Gasteiger partial charge in [-0.3, -0.25) is 0 Å². The Morgan fingerprint density at radius 1 is 1.30 bits per heavy atom. The lowest BCUT2D eigenvalue weighted by molar-refractivity contribution is 0.333.